The Bertz CT molecular complexity index is 1210. The predicted molar refractivity (Wildman–Crippen MR) is 126 cm³/mol. The van der Waals surface area contributed by atoms with Gasteiger partial charge in [0.05, 0.1) is 11.4 Å². The lowest BCUT2D eigenvalue weighted by molar-refractivity contribution is 0.475. The van der Waals surface area contributed by atoms with Crippen molar-refractivity contribution in [2.24, 2.45) is 10.2 Å². The van der Waals surface area contributed by atoms with Crippen molar-refractivity contribution in [1.82, 2.24) is 4.57 Å². The van der Waals surface area contributed by atoms with Gasteiger partial charge >= 0.3 is 0 Å². The van der Waals surface area contributed by atoms with Gasteiger partial charge in [-0.2, -0.15) is 5.10 Å². The molecule has 0 fully saturated rings. The van der Waals surface area contributed by atoms with Gasteiger partial charge in [-0.3, -0.25) is 4.57 Å². The van der Waals surface area contributed by atoms with Crippen LogP contribution in [0.3, 0.4) is 0 Å². The molecule has 0 amide bonds. The van der Waals surface area contributed by atoms with E-state index >= 15 is 0 Å². The molecule has 0 radical (unpaired) electrons. The van der Waals surface area contributed by atoms with Crippen molar-refractivity contribution in [2.45, 2.75) is 6.92 Å². The number of aromatic hydroxyl groups is 1. The fraction of sp³-hybridized carbons (Fsp3) is 0.0435. The number of thiazole rings is 1. The van der Waals surface area contributed by atoms with Crippen LogP contribution in [-0.4, -0.2) is 20.9 Å². The molecule has 7 heteroatoms. The average Bonchev–Trinajstić information content (AvgIpc) is 3.17. The minimum Gasteiger partial charge on any atom is -0.508 e. The van der Waals surface area contributed by atoms with Crippen molar-refractivity contribution < 1.29 is 10.6 Å². The summed E-state index contributed by atoms with van der Waals surface area (Å²) in [5.74, 6) is 0.234. The molecule has 3 N–H and O–H groups in total. The van der Waals surface area contributed by atoms with E-state index in [0.29, 0.717) is 0 Å². The molecule has 4 rings (SSSR count). The zero-order valence-electron chi connectivity index (χ0n) is 16.2. The largest absolute Gasteiger partial charge is 0.508 e. The maximum Gasteiger partial charge on any atom is 0.215 e. The Labute approximate surface area is 186 Å². The summed E-state index contributed by atoms with van der Waals surface area (Å²) in [4.78, 5) is 0.784. The molecular formula is C23H20BrN3O2S. The van der Waals surface area contributed by atoms with Gasteiger partial charge < -0.3 is 10.6 Å². The Balaban J connectivity index is 0.00000256. The number of phenols is 1. The van der Waals surface area contributed by atoms with E-state index in [1.807, 2.05) is 49.4 Å². The highest BCUT2D eigenvalue weighted by atomic mass is 79.9. The fourth-order valence-corrected chi connectivity index (χ4v) is 4.03. The Morgan fingerprint density at radius 2 is 1.60 bits per heavy atom. The number of hydrogen-bond donors (Lipinski definition) is 1. The third-order valence-electron chi connectivity index (χ3n) is 4.43. The summed E-state index contributed by atoms with van der Waals surface area (Å²) in [7, 11) is 0. The van der Waals surface area contributed by atoms with E-state index in [2.05, 4.69) is 60.3 Å². The molecular weight excluding hydrogens is 462 g/mol. The molecule has 1 heterocycles. The van der Waals surface area contributed by atoms with E-state index in [-0.39, 0.29) is 11.2 Å². The van der Waals surface area contributed by atoms with Crippen LogP contribution in [0.5, 0.6) is 5.75 Å². The Morgan fingerprint density at radius 3 is 2.27 bits per heavy atom. The normalized spacial score (nSPS) is 11.9. The van der Waals surface area contributed by atoms with E-state index < -0.39 is 0 Å². The monoisotopic (exact) mass is 481 g/mol. The number of benzene rings is 3. The van der Waals surface area contributed by atoms with Crippen molar-refractivity contribution in [1.29, 1.82) is 0 Å². The molecule has 152 valence electrons. The number of halogens is 1. The lowest BCUT2D eigenvalue weighted by Gasteiger charge is -2.09. The summed E-state index contributed by atoms with van der Waals surface area (Å²) in [5, 5.41) is 20.6. The van der Waals surface area contributed by atoms with Gasteiger partial charge in [0.15, 0.2) is 0 Å². The molecule has 0 aliphatic rings. The van der Waals surface area contributed by atoms with Crippen LogP contribution in [0, 0.1) is 0 Å². The van der Waals surface area contributed by atoms with E-state index in [4.69, 9.17) is 0 Å². The maximum atomic E-state index is 9.47. The third-order valence-corrected chi connectivity index (χ3v) is 5.78. The lowest BCUT2D eigenvalue weighted by Crippen LogP contribution is -2.13. The minimum atomic E-state index is 0. The van der Waals surface area contributed by atoms with Crippen LogP contribution >= 0.6 is 27.3 Å². The first-order valence-electron chi connectivity index (χ1n) is 9.01. The van der Waals surface area contributed by atoms with Crippen LogP contribution in [-0.2, 0) is 0 Å². The topological polar surface area (TPSA) is 81.4 Å². The van der Waals surface area contributed by atoms with Crippen LogP contribution in [0.15, 0.2) is 98.9 Å². The Morgan fingerprint density at radius 1 is 0.933 bits per heavy atom. The Hall–Kier alpha value is -3.00. The first-order valence-corrected chi connectivity index (χ1v) is 10.7. The smallest absolute Gasteiger partial charge is 0.215 e. The molecule has 0 aliphatic heterocycles. The van der Waals surface area contributed by atoms with Crippen molar-refractivity contribution in [3.63, 3.8) is 0 Å². The third kappa shape index (κ3) is 4.76. The van der Waals surface area contributed by atoms with Gasteiger partial charge in [0, 0.05) is 15.5 Å². The zero-order valence-corrected chi connectivity index (χ0v) is 18.6. The van der Waals surface area contributed by atoms with Gasteiger partial charge in [0.1, 0.15) is 5.75 Å². The highest BCUT2D eigenvalue weighted by molar-refractivity contribution is 9.10. The molecule has 0 spiro atoms. The van der Waals surface area contributed by atoms with Gasteiger partial charge in [0.25, 0.3) is 0 Å². The van der Waals surface area contributed by atoms with Crippen molar-refractivity contribution in [3.8, 4) is 22.7 Å². The summed E-state index contributed by atoms with van der Waals surface area (Å²) in [5.41, 5.74) is 4.90. The lowest BCUT2D eigenvalue weighted by atomic mass is 10.1. The quantitative estimate of drug-likeness (QED) is 0.316. The van der Waals surface area contributed by atoms with Gasteiger partial charge in [-0.25, -0.2) is 0 Å². The number of hydrogen-bond acceptors (Lipinski definition) is 4. The van der Waals surface area contributed by atoms with Crippen LogP contribution in [0.25, 0.3) is 16.9 Å². The average molecular weight is 482 g/mol. The molecule has 0 aliphatic carbocycles. The SMILES string of the molecule is C/C(=N\N=c1/scc(-c2ccc(Br)cc2)n1-c1ccccc1)c1ccc(O)cc1.O. The Kier molecular flexibility index (Phi) is 6.99. The molecule has 0 saturated carbocycles. The fourth-order valence-electron chi connectivity index (χ4n) is 2.91. The number of nitrogens with zero attached hydrogens (tertiary/aromatic N) is 3. The summed E-state index contributed by atoms with van der Waals surface area (Å²) < 4.78 is 3.16. The molecule has 0 bridgehead atoms. The first kappa shape index (κ1) is 21.7. The van der Waals surface area contributed by atoms with Crippen LogP contribution in [0.2, 0.25) is 0 Å². The molecule has 3 aromatic carbocycles. The standard InChI is InChI=1S/C23H18BrN3OS.H2O/c1-16(17-9-13-21(28)14-10-17)25-26-23-27(20-5-3-2-4-6-20)22(15-29-23)18-7-11-19(24)12-8-18;/h2-15,28H,1H3;1H2/b25-16+,26-23-;. The maximum absolute atomic E-state index is 9.47. The van der Waals surface area contributed by atoms with Gasteiger partial charge in [0.2, 0.25) is 4.80 Å². The summed E-state index contributed by atoms with van der Waals surface area (Å²) in [6.07, 6.45) is 0. The number of para-hydroxylation sites is 1. The molecule has 5 nitrogen and oxygen atoms in total. The molecule has 0 atom stereocenters. The van der Waals surface area contributed by atoms with Crippen LogP contribution < -0.4 is 4.80 Å². The first-order chi connectivity index (χ1) is 14.1. The summed E-state index contributed by atoms with van der Waals surface area (Å²) in [6.45, 7) is 1.91. The zero-order chi connectivity index (χ0) is 20.2. The van der Waals surface area contributed by atoms with E-state index in [1.54, 1.807) is 23.5 Å². The van der Waals surface area contributed by atoms with E-state index in [0.717, 1.165) is 37.5 Å². The van der Waals surface area contributed by atoms with E-state index in [1.165, 1.54) is 0 Å². The van der Waals surface area contributed by atoms with Crippen molar-refractivity contribution >= 4 is 33.0 Å². The van der Waals surface area contributed by atoms with E-state index in [9.17, 15) is 5.11 Å². The summed E-state index contributed by atoms with van der Waals surface area (Å²) >= 11 is 5.05. The molecule has 0 saturated heterocycles. The molecule has 0 unspecified atom stereocenters. The highest BCUT2D eigenvalue weighted by Crippen LogP contribution is 2.25. The van der Waals surface area contributed by atoms with Crippen LogP contribution in [0.4, 0.5) is 0 Å². The van der Waals surface area contributed by atoms with Gasteiger partial charge in [-0.05, 0) is 66.6 Å². The van der Waals surface area contributed by atoms with Crippen LogP contribution in [0.1, 0.15) is 12.5 Å². The molecule has 1 aromatic heterocycles. The van der Waals surface area contributed by atoms with Gasteiger partial charge in [-0.1, -0.05) is 46.3 Å². The predicted octanol–water partition coefficient (Wildman–Crippen LogP) is 5.17. The van der Waals surface area contributed by atoms with Gasteiger partial charge in [-0.15, -0.1) is 16.4 Å². The highest BCUT2D eigenvalue weighted by Gasteiger charge is 2.10. The number of phenolic OH excluding ortho intramolecular Hbond substituents is 1. The number of aromatic nitrogens is 1. The minimum absolute atomic E-state index is 0. The van der Waals surface area contributed by atoms with Crippen molar-refractivity contribution in [2.75, 3.05) is 0 Å². The second-order valence-corrected chi connectivity index (χ2v) is 8.17. The molecule has 4 aromatic rings. The van der Waals surface area contributed by atoms with Crippen molar-refractivity contribution in [3.05, 3.63) is 99.1 Å². The number of rotatable bonds is 4. The second kappa shape index (κ2) is 9.67. The summed E-state index contributed by atoms with van der Waals surface area (Å²) in [6, 6.07) is 25.3. The second-order valence-electron chi connectivity index (χ2n) is 6.41. The molecule has 30 heavy (non-hydrogen) atoms.